The third kappa shape index (κ3) is 2.76. The predicted molar refractivity (Wildman–Crippen MR) is 51.1 cm³/mol. The molecule has 2 heteroatoms. The SMILES string of the molecule is CC[C@@H](O)C[C@H]1CNC(C)(C)C1. The van der Waals surface area contributed by atoms with Crippen LogP contribution >= 0.6 is 0 Å². The molecule has 0 aromatic carbocycles. The molecule has 2 nitrogen and oxygen atoms in total. The van der Waals surface area contributed by atoms with Gasteiger partial charge in [0.25, 0.3) is 0 Å². The van der Waals surface area contributed by atoms with E-state index < -0.39 is 0 Å². The van der Waals surface area contributed by atoms with Gasteiger partial charge in [-0.2, -0.15) is 0 Å². The average Bonchev–Trinajstić information content (AvgIpc) is 2.30. The first-order valence-corrected chi connectivity index (χ1v) is 4.96. The molecule has 0 unspecified atom stereocenters. The number of aliphatic hydroxyl groups is 1. The average molecular weight is 171 g/mol. The summed E-state index contributed by atoms with van der Waals surface area (Å²) in [4.78, 5) is 0. The summed E-state index contributed by atoms with van der Waals surface area (Å²) in [5.74, 6) is 0.676. The van der Waals surface area contributed by atoms with Gasteiger partial charge in [0.15, 0.2) is 0 Å². The molecule has 1 fully saturated rings. The van der Waals surface area contributed by atoms with Crippen molar-refractivity contribution < 1.29 is 5.11 Å². The fourth-order valence-electron chi connectivity index (χ4n) is 2.00. The third-order valence-electron chi connectivity index (χ3n) is 2.74. The van der Waals surface area contributed by atoms with Gasteiger partial charge in [0, 0.05) is 5.54 Å². The summed E-state index contributed by atoms with van der Waals surface area (Å²) in [5.41, 5.74) is 0.290. The van der Waals surface area contributed by atoms with Crippen LogP contribution in [0, 0.1) is 5.92 Å². The Morgan fingerprint density at radius 2 is 2.25 bits per heavy atom. The normalized spacial score (nSPS) is 30.5. The van der Waals surface area contributed by atoms with Crippen LogP contribution in [0.3, 0.4) is 0 Å². The summed E-state index contributed by atoms with van der Waals surface area (Å²) in [6.45, 7) is 7.57. The van der Waals surface area contributed by atoms with Crippen molar-refractivity contribution in [3.05, 3.63) is 0 Å². The van der Waals surface area contributed by atoms with E-state index in [-0.39, 0.29) is 11.6 Å². The standard InChI is InChI=1S/C10H21NO/c1-4-9(12)5-8-6-10(2,3)11-7-8/h8-9,11-12H,4-7H2,1-3H3/t8-,9-/m1/s1. The van der Waals surface area contributed by atoms with Crippen molar-refractivity contribution in [2.45, 2.75) is 51.7 Å². The van der Waals surface area contributed by atoms with E-state index in [0.29, 0.717) is 5.92 Å². The van der Waals surface area contributed by atoms with E-state index >= 15 is 0 Å². The molecule has 0 aromatic heterocycles. The first-order chi connectivity index (χ1) is 5.53. The molecule has 0 aromatic rings. The molecule has 12 heavy (non-hydrogen) atoms. The molecule has 0 amide bonds. The van der Waals surface area contributed by atoms with Crippen LogP contribution in [0.15, 0.2) is 0 Å². The smallest absolute Gasteiger partial charge is 0.0540 e. The fourth-order valence-corrected chi connectivity index (χ4v) is 2.00. The van der Waals surface area contributed by atoms with Gasteiger partial charge in [-0.15, -0.1) is 0 Å². The lowest BCUT2D eigenvalue weighted by molar-refractivity contribution is 0.140. The maximum atomic E-state index is 9.46. The zero-order valence-corrected chi connectivity index (χ0v) is 8.43. The summed E-state index contributed by atoms with van der Waals surface area (Å²) >= 11 is 0. The molecule has 1 saturated heterocycles. The largest absolute Gasteiger partial charge is 0.393 e. The Balaban J connectivity index is 2.28. The Labute approximate surface area is 75.4 Å². The molecule has 0 radical (unpaired) electrons. The van der Waals surface area contributed by atoms with Crippen molar-refractivity contribution >= 4 is 0 Å². The van der Waals surface area contributed by atoms with Gasteiger partial charge in [-0.05, 0) is 45.6 Å². The van der Waals surface area contributed by atoms with E-state index in [0.717, 1.165) is 19.4 Å². The molecule has 2 atom stereocenters. The predicted octanol–water partition coefficient (Wildman–Crippen LogP) is 1.54. The van der Waals surface area contributed by atoms with E-state index in [2.05, 4.69) is 19.2 Å². The Morgan fingerprint density at radius 3 is 2.67 bits per heavy atom. The van der Waals surface area contributed by atoms with Crippen molar-refractivity contribution in [2.75, 3.05) is 6.54 Å². The molecule has 1 aliphatic rings. The number of hydrogen-bond acceptors (Lipinski definition) is 2. The highest BCUT2D eigenvalue weighted by atomic mass is 16.3. The minimum atomic E-state index is -0.0919. The molecule has 0 spiro atoms. The molecule has 1 heterocycles. The molecule has 2 N–H and O–H groups in total. The molecular formula is C10H21NO. The van der Waals surface area contributed by atoms with Gasteiger partial charge in [0.1, 0.15) is 0 Å². The van der Waals surface area contributed by atoms with Crippen LogP contribution in [-0.4, -0.2) is 23.3 Å². The van der Waals surface area contributed by atoms with Crippen molar-refractivity contribution in [3.63, 3.8) is 0 Å². The zero-order valence-electron chi connectivity index (χ0n) is 8.43. The van der Waals surface area contributed by atoms with Crippen LogP contribution in [0.1, 0.15) is 40.0 Å². The Bertz CT molecular complexity index is 145. The first-order valence-electron chi connectivity index (χ1n) is 4.96. The third-order valence-corrected chi connectivity index (χ3v) is 2.74. The van der Waals surface area contributed by atoms with Gasteiger partial charge in [-0.3, -0.25) is 0 Å². The molecule has 0 saturated carbocycles. The van der Waals surface area contributed by atoms with Crippen molar-refractivity contribution in [1.29, 1.82) is 0 Å². The fraction of sp³-hybridized carbons (Fsp3) is 1.00. The molecule has 1 rings (SSSR count). The van der Waals surface area contributed by atoms with E-state index in [1.165, 1.54) is 6.42 Å². The summed E-state index contributed by atoms with van der Waals surface area (Å²) in [7, 11) is 0. The Morgan fingerprint density at radius 1 is 1.58 bits per heavy atom. The van der Waals surface area contributed by atoms with E-state index in [9.17, 15) is 5.11 Å². The lowest BCUT2D eigenvalue weighted by Gasteiger charge is -2.18. The maximum absolute atomic E-state index is 9.46. The second-order valence-electron chi connectivity index (χ2n) is 4.63. The number of rotatable bonds is 3. The second-order valence-corrected chi connectivity index (χ2v) is 4.63. The molecule has 72 valence electrons. The van der Waals surface area contributed by atoms with Crippen LogP contribution in [0.25, 0.3) is 0 Å². The van der Waals surface area contributed by atoms with Crippen molar-refractivity contribution in [1.82, 2.24) is 5.32 Å². The first kappa shape index (κ1) is 10.0. The molecular weight excluding hydrogens is 150 g/mol. The molecule has 0 bridgehead atoms. The summed E-state index contributed by atoms with van der Waals surface area (Å²) < 4.78 is 0. The molecule has 1 aliphatic heterocycles. The van der Waals surface area contributed by atoms with Crippen LogP contribution in [0.2, 0.25) is 0 Å². The summed E-state index contributed by atoms with van der Waals surface area (Å²) in [6.07, 6.45) is 2.96. The number of hydrogen-bond donors (Lipinski definition) is 2. The van der Waals surface area contributed by atoms with E-state index in [4.69, 9.17) is 0 Å². The van der Waals surface area contributed by atoms with E-state index in [1.807, 2.05) is 6.92 Å². The van der Waals surface area contributed by atoms with Crippen molar-refractivity contribution in [2.24, 2.45) is 5.92 Å². The van der Waals surface area contributed by atoms with Crippen LogP contribution in [0.5, 0.6) is 0 Å². The van der Waals surface area contributed by atoms with Crippen molar-refractivity contribution in [3.8, 4) is 0 Å². The lowest BCUT2D eigenvalue weighted by atomic mass is 9.92. The zero-order chi connectivity index (χ0) is 9.19. The minimum Gasteiger partial charge on any atom is -0.393 e. The van der Waals surface area contributed by atoms with Crippen LogP contribution in [-0.2, 0) is 0 Å². The Kier molecular flexibility index (Phi) is 3.13. The minimum absolute atomic E-state index is 0.0919. The number of nitrogens with one attached hydrogen (secondary N) is 1. The monoisotopic (exact) mass is 171 g/mol. The van der Waals surface area contributed by atoms with Gasteiger partial charge < -0.3 is 10.4 Å². The van der Waals surface area contributed by atoms with E-state index in [1.54, 1.807) is 0 Å². The second kappa shape index (κ2) is 3.75. The topological polar surface area (TPSA) is 32.3 Å². The van der Waals surface area contributed by atoms with Gasteiger partial charge in [-0.25, -0.2) is 0 Å². The highest BCUT2D eigenvalue weighted by Crippen LogP contribution is 2.26. The molecule has 0 aliphatic carbocycles. The highest BCUT2D eigenvalue weighted by molar-refractivity contribution is 4.89. The Hall–Kier alpha value is -0.0800. The highest BCUT2D eigenvalue weighted by Gasteiger charge is 2.30. The van der Waals surface area contributed by atoms with Gasteiger partial charge in [0.2, 0.25) is 0 Å². The van der Waals surface area contributed by atoms with Gasteiger partial charge in [0.05, 0.1) is 6.10 Å². The lowest BCUT2D eigenvalue weighted by Crippen LogP contribution is -2.31. The van der Waals surface area contributed by atoms with Crippen LogP contribution in [0.4, 0.5) is 0 Å². The summed E-state index contributed by atoms with van der Waals surface area (Å²) in [6, 6.07) is 0. The quantitative estimate of drug-likeness (QED) is 0.675. The maximum Gasteiger partial charge on any atom is 0.0540 e. The van der Waals surface area contributed by atoms with Gasteiger partial charge >= 0.3 is 0 Å². The summed E-state index contributed by atoms with van der Waals surface area (Å²) in [5, 5.41) is 12.9. The van der Waals surface area contributed by atoms with Crippen LogP contribution < -0.4 is 5.32 Å². The number of aliphatic hydroxyl groups excluding tert-OH is 1. The van der Waals surface area contributed by atoms with Gasteiger partial charge in [-0.1, -0.05) is 6.92 Å².